The Hall–Kier alpha value is -3.12. The van der Waals surface area contributed by atoms with E-state index >= 15 is 0 Å². The third-order valence-corrected chi connectivity index (χ3v) is 5.42. The molecule has 1 aliphatic rings. The van der Waals surface area contributed by atoms with Gasteiger partial charge in [-0.25, -0.2) is 9.97 Å². The van der Waals surface area contributed by atoms with Gasteiger partial charge in [0.15, 0.2) is 0 Å². The molecule has 0 N–H and O–H groups in total. The Morgan fingerprint density at radius 3 is 2.88 bits per heavy atom. The van der Waals surface area contributed by atoms with Crippen LogP contribution in [-0.4, -0.2) is 19.5 Å². The SMILES string of the molecule is Cn1cc(-c2cnc3c(n2)C(c2ccc4ncsc4c2)=CC3)ccc1=O. The van der Waals surface area contributed by atoms with Gasteiger partial charge in [0.05, 0.1) is 39.0 Å². The standard InChI is InChI=1S/C20H14N4OS/c1-24-10-13(3-7-19(24)25)17-9-21-16-6-4-14(20(16)23-17)12-2-5-15-18(8-12)26-11-22-15/h2-5,7-11H,6H2,1H3. The summed E-state index contributed by atoms with van der Waals surface area (Å²) in [5.41, 5.74) is 8.63. The summed E-state index contributed by atoms with van der Waals surface area (Å²) >= 11 is 1.64. The van der Waals surface area contributed by atoms with Crippen LogP contribution in [0.15, 0.2) is 59.1 Å². The largest absolute Gasteiger partial charge is 0.318 e. The first-order valence-electron chi connectivity index (χ1n) is 8.26. The average Bonchev–Trinajstić information content (AvgIpc) is 3.29. The van der Waals surface area contributed by atoms with Gasteiger partial charge in [-0.3, -0.25) is 9.78 Å². The first-order chi connectivity index (χ1) is 12.7. The van der Waals surface area contributed by atoms with E-state index in [4.69, 9.17) is 4.98 Å². The van der Waals surface area contributed by atoms with Gasteiger partial charge in [-0.15, -0.1) is 11.3 Å². The fraction of sp³-hybridized carbons (Fsp3) is 0.100. The maximum absolute atomic E-state index is 11.6. The molecule has 5 nitrogen and oxygen atoms in total. The van der Waals surface area contributed by atoms with E-state index in [1.54, 1.807) is 47.5 Å². The lowest BCUT2D eigenvalue weighted by Gasteiger charge is -2.08. The number of pyridine rings is 1. The Morgan fingerprint density at radius 2 is 2.00 bits per heavy atom. The van der Waals surface area contributed by atoms with Crippen LogP contribution in [0.5, 0.6) is 0 Å². The number of hydrogen-bond donors (Lipinski definition) is 0. The summed E-state index contributed by atoms with van der Waals surface area (Å²) in [6.45, 7) is 0. The van der Waals surface area contributed by atoms with E-state index in [0.29, 0.717) is 0 Å². The maximum atomic E-state index is 11.6. The molecule has 3 aromatic heterocycles. The molecule has 4 aromatic rings. The molecule has 6 heteroatoms. The molecular formula is C20H14N4OS. The number of thiazole rings is 1. The van der Waals surface area contributed by atoms with Crippen LogP contribution in [-0.2, 0) is 13.5 Å². The van der Waals surface area contributed by atoms with E-state index < -0.39 is 0 Å². The minimum Gasteiger partial charge on any atom is -0.318 e. The van der Waals surface area contributed by atoms with Crippen LogP contribution >= 0.6 is 11.3 Å². The molecule has 0 aliphatic heterocycles. The number of aryl methyl sites for hydroxylation is 1. The van der Waals surface area contributed by atoms with Crippen LogP contribution in [0, 0.1) is 0 Å². The van der Waals surface area contributed by atoms with E-state index in [9.17, 15) is 4.79 Å². The van der Waals surface area contributed by atoms with Crippen molar-refractivity contribution in [2.24, 2.45) is 7.05 Å². The molecule has 1 aliphatic carbocycles. The lowest BCUT2D eigenvalue weighted by atomic mass is 10.0. The summed E-state index contributed by atoms with van der Waals surface area (Å²) in [6, 6.07) is 9.64. The third-order valence-electron chi connectivity index (χ3n) is 4.63. The summed E-state index contributed by atoms with van der Waals surface area (Å²) < 4.78 is 2.72. The normalized spacial score (nSPS) is 13.0. The first-order valence-corrected chi connectivity index (χ1v) is 9.14. The smallest absolute Gasteiger partial charge is 0.250 e. The van der Waals surface area contributed by atoms with Gasteiger partial charge in [-0.05, 0) is 23.8 Å². The van der Waals surface area contributed by atoms with Crippen LogP contribution in [0.3, 0.4) is 0 Å². The van der Waals surface area contributed by atoms with Gasteiger partial charge in [0.25, 0.3) is 0 Å². The van der Waals surface area contributed by atoms with Crippen LogP contribution < -0.4 is 5.56 Å². The number of allylic oxidation sites excluding steroid dienone is 1. The zero-order valence-corrected chi connectivity index (χ0v) is 14.8. The molecule has 3 heterocycles. The molecule has 0 bridgehead atoms. The Balaban J connectivity index is 1.61. The van der Waals surface area contributed by atoms with Crippen LogP contribution in [0.1, 0.15) is 17.0 Å². The molecule has 0 saturated heterocycles. The van der Waals surface area contributed by atoms with Crippen molar-refractivity contribution in [1.82, 2.24) is 19.5 Å². The van der Waals surface area contributed by atoms with Crippen LogP contribution in [0.2, 0.25) is 0 Å². The predicted molar refractivity (Wildman–Crippen MR) is 103 cm³/mol. The van der Waals surface area contributed by atoms with Crippen LogP contribution in [0.25, 0.3) is 27.0 Å². The summed E-state index contributed by atoms with van der Waals surface area (Å²) in [5.74, 6) is 0. The molecular weight excluding hydrogens is 344 g/mol. The van der Waals surface area contributed by atoms with Gasteiger partial charge >= 0.3 is 0 Å². The quantitative estimate of drug-likeness (QED) is 0.551. The molecule has 0 amide bonds. The molecule has 126 valence electrons. The van der Waals surface area contributed by atoms with Crippen LogP contribution in [0.4, 0.5) is 0 Å². The van der Waals surface area contributed by atoms with E-state index in [1.807, 2.05) is 11.6 Å². The zero-order chi connectivity index (χ0) is 17.7. The minimum atomic E-state index is -0.0405. The summed E-state index contributed by atoms with van der Waals surface area (Å²) in [5, 5.41) is 0. The van der Waals surface area contributed by atoms with Crippen molar-refractivity contribution in [3.8, 4) is 11.3 Å². The lowest BCUT2D eigenvalue weighted by molar-refractivity contribution is 0.861. The van der Waals surface area contributed by atoms with Crippen molar-refractivity contribution in [2.75, 3.05) is 0 Å². The van der Waals surface area contributed by atoms with Gasteiger partial charge < -0.3 is 4.57 Å². The molecule has 0 unspecified atom stereocenters. The third kappa shape index (κ3) is 2.38. The van der Waals surface area contributed by atoms with Gasteiger partial charge in [0.2, 0.25) is 5.56 Å². The van der Waals surface area contributed by atoms with Gasteiger partial charge in [-0.1, -0.05) is 12.1 Å². The summed E-state index contributed by atoms with van der Waals surface area (Å²) in [4.78, 5) is 25.4. The molecule has 5 rings (SSSR count). The summed E-state index contributed by atoms with van der Waals surface area (Å²) in [7, 11) is 1.74. The fourth-order valence-electron chi connectivity index (χ4n) is 3.24. The Morgan fingerprint density at radius 1 is 1.12 bits per heavy atom. The van der Waals surface area contributed by atoms with E-state index in [0.717, 1.165) is 45.7 Å². The van der Waals surface area contributed by atoms with E-state index in [-0.39, 0.29) is 5.56 Å². The second-order valence-electron chi connectivity index (χ2n) is 6.27. The fourth-order valence-corrected chi connectivity index (χ4v) is 3.95. The Bertz CT molecular complexity index is 1250. The molecule has 0 radical (unpaired) electrons. The second kappa shape index (κ2) is 5.71. The van der Waals surface area contributed by atoms with Gasteiger partial charge in [-0.2, -0.15) is 0 Å². The van der Waals surface area contributed by atoms with Crippen molar-refractivity contribution >= 4 is 27.1 Å². The van der Waals surface area contributed by atoms with E-state index in [1.165, 1.54) is 4.70 Å². The number of rotatable bonds is 2. The second-order valence-corrected chi connectivity index (χ2v) is 7.16. The van der Waals surface area contributed by atoms with Crippen molar-refractivity contribution in [3.63, 3.8) is 0 Å². The molecule has 0 atom stereocenters. The van der Waals surface area contributed by atoms with E-state index in [2.05, 4.69) is 28.2 Å². The van der Waals surface area contributed by atoms with Crippen molar-refractivity contribution in [1.29, 1.82) is 0 Å². The number of benzene rings is 1. The first kappa shape index (κ1) is 15.2. The number of aromatic nitrogens is 4. The van der Waals surface area contributed by atoms with Gasteiger partial charge in [0, 0.05) is 36.9 Å². The molecule has 0 spiro atoms. The molecule has 26 heavy (non-hydrogen) atoms. The lowest BCUT2D eigenvalue weighted by Crippen LogP contribution is -2.14. The monoisotopic (exact) mass is 358 g/mol. The van der Waals surface area contributed by atoms with Crippen molar-refractivity contribution in [3.05, 3.63) is 81.6 Å². The highest BCUT2D eigenvalue weighted by Gasteiger charge is 2.20. The maximum Gasteiger partial charge on any atom is 0.250 e. The number of fused-ring (bicyclic) bond motifs is 2. The average molecular weight is 358 g/mol. The zero-order valence-electron chi connectivity index (χ0n) is 14.0. The number of nitrogens with zero attached hydrogens (tertiary/aromatic N) is 4. The van der Waals surface area contributed by atoms with Crippen molar-refractivity contribution in [2.45, 2.75) is 6.42 Å². The number of hydrogen-bond acceptors (Lipinski definition) is 5. The highest BCUT2D eigenvalue weighted by Crippen LogP contribution is 2.33. The highest BCUT2D eigenvalue weighted by atomic mass is 32.1. The predicted octanol–water partition coefficient (Wildman–Crippen LogP) is 3.44. The molecule has 0 fully saturated rings. The minimum absolute atomic E-state index is 0.0405. The highest BCUT2D eigenvalue weighted by molar-refractivity contribution is 7.16. The topological polar surface area (TPSA) is 60.7 Å². The molecule has 1 aromatic carbocycles. The Labute approximate surface area is 153 Å². The summed E-state index contributed by atoms with van der Waals surface area (Å²) in [6.07, 6.45) is 6.53. The molecule has 0 saturated carbocycles. The van der Waals surface area contributed by atoms with Gasteiger partial charge in [0.1, 0.15) is 0 Å². The van der Waals surface area contributed by atoms with Crippen molar-refractivity contribution < 1.29 is 0 Å². The Kier molecular flexibility index (Phi) is 3.33.